The van der Waals surface area contributed by atoms with Gasteiger partial charge in [-0.05, 0) is 146 Å². The van der Waals surface area contributed by atoms with Gasteiger partial charge in [0.1, 0.15) is 0 Å². The van der Waals surface area contributed by atoms with Gasteiger partial charge < -0.3 is 4.90 Å². The van der Waals surface area contributed by atoms with Gasteiger partial charge in [-0.3, -0.25) is 0 Å². The van der Waals surface area contributed by atoms with Gasteiger partial charge in [-0.15, -0.1) is 0 Å². The molecule has 4 fully saturated rings. The molecule has 6 aliphatic rings. The van der Waals surface area contributed by atoms with E-state index in [9.17, 15) is 0 Å². The first-order chi connectivity index (χ1) is 32.2. The fourth-order valence-electron chi connectivity index (χ4n) is 14.7. The van der Waals surface area contributed by atoms with E-state index in [2.05, 4.69) is 229 Å². The highest BCUT2D eigenvalue weighted by atomic mass is 15.2. The van der Waals surface area contributed by atoms with Crippen molar-refractivity contribution < 1.29 is 0 Å². The zero-order valence-corrected chi connectivity index (χ0v) is 36.4. The maximum atomic E-state index is 2.70. The van der Waals surface area contributed by atoms with Gasteiger partial charge in [0.2, 0.25) is 0 Å². The summed E-state index contributed by atoms with van der Waals surface area (Å²) in [6.07, 6.45) is 5.43. The van der Waals surface area contributed by atoms with Crippen molar-refractivity contribution in [1.29, 1.82) is 0 Å². The van der Waals surface area contributed by atoms with Crippen LogP contribution >= 0.6 is 0 Å². The number of benzene rings is 9. The predicted molar refractivity (Wildman–Crippen MR) is 268 cm³/mol. The van der Waals surface area contributed by atoms with E-state index in [0.717, 1.165) is 11.8 Å². The van der Waals surface area contributed by atoms with Crippen LogP contribution in [0.5, 0.6) is 0 Å². The molecule has 0 aromatic heterocycles. The summed E-state index contributed by atoms with van der Waals surface area (Å²) in [6.45, 7) is 0. The summed E-state index contributed by atoms with van der Waals surface area (Å²) < 4.78 is 0. The van der Waals surface area contributed by atoms with Crippen molar-refractivity contribution in [3.05, 3.63) is 258 Å². The molecule has 310 valence electrons. The summed E-state index contributed by atoms with van der Waals surface area (Å²) in [5.74, 6) is 2.96. The Hall–Kier alpha value is -7.22. The fourth-order valence-corrected chi connectivity index (χ4v) is 14.7. The Labute approximate surface area is 382 Å². The van der Waals surface area contributed by atoms with E-state index in [1.807, 2.05) is 0 Å². The average molecular weight is 832 g/mol. The molecule has 0 N–H and O–H groups in total. The first kappa shape index (κ1) is 37.2. The second kappa shape index (κ2) is 14.1. The van der Waals surface area contributed by atoms with Crippen LogP contribution in [0.25, 0.3) is 44.5 Å². The highest BCUT2D eigenvalue weighted by Gasteiger charge is 2.66. The Morgan fingerprint density at radius 1 is 0.385 bits per heavy atom. The number of hydrogen-bond acceptors (Lipinski definition) is 1. The summed E-state index contributed by atoms with van der Waals surface area (Å²) in [5.41, 5.74) is 22.0. The lowest BCUT2D eigenvalue weighted by molar-refractivity contribution is 0.191. The largest absolute Gasteiger partial charge is 0.309 e. The number of nitrogens with zero attached hydrogens (tertiary/aromatic N) is 1. The maximum absolute atomic E-state index is 2.70. The third-order valence-electron chi connectivity index (χ3n) is 16.7. The van der Waals surface area contributed by atoms with Crippen LogP contribution in [0.15, 0.2) is 224 Å². The Balaban J connectivity index is 1.09. The van der Waals surface area contributed by atoms with Gasteiger partial charge in [0, 0.05) is 16.7 Å². The van der Waals surface area contributed by atoms with Gasteiger partial charge in [-0.25, -0.2) is 0 Å². The zero-order valence-electron chi connectivity index (χ0n) is 36.4. The van der Waals surface area contributed by atoms with Crippen LogP contribution in [0.4, 0.5) is 17.1 Å². The predicted octanol–water partition coefficient (Wildman–Crippen LogP) is 16.2. The molecule has 4 bridgehead atoms. The minimum atomic E-state index is -0.470. The molecule has 1 heteroatoms. The highest BCUT2D eigenvalue weighted by molar-refractivity contribution is 6.00. The topological polar surface area (TPSA) is 3.24 Å². The van der Waals surface area contributed by atoms with E-state index in [1.54, 1.807) is 11.1 Å². The van der Waals surface area contributed by atoms with E-state index in [1.165, 1.54) is 110 Å². The molecule has 0 saturated heterocycles. The first-order valence-electron chi connectivity index (χ1n) is 23.9. The molecule has 9 aromatic rings. The molecule has 1 nitrogen and oxygen atoms in total. The van der Waals surface area contributed by atoms with Gasteiger partial charge in [-0.2, -0.15) is 0 Å². The summed E-state index contributed by atoms with van der Waals surface area (Å²) in [5, 5.41) is 0. The van der Waals surface area contributed by atoms with Gasteiger partial charge >= 0.3 is 0 Å². The number of fused-ring (bicyclic) bond motifs is 6. The molecule has 65 heavy (non-hydrogen) atoms. The molecule has 0 amide bonds. The van der Waals surface area contributed by atoms with Crippen molar-refractivity contribution in [2.75, 3.05) is 4.90 Å². The van der Waals surface area contributed by atoms with Crippen molar-refractivity contribution in [2.45, 2.75) is 36.5 Å². The lowest BCUT2D eigenvalue weighted by Crippen LogP contribution is -2.41. The average Bonchev–Trinajstić information content (AvgIpc) is 4.03. The van der Waals surface area contributed by atoms with Crippen LogP contribution in [-0.4, -0.2) is 0 Å². The lowest BCUT2D eigenvalue weighted by Gasteiger charge is -2.45. The van der Waals surface area contributed by atoms with E-state index in [-0.39, 0.29) is 5.41 Å². The van der Waals surface area contributed by atoms with Gasteiger partial charge in [-0.1, -0.05) is 200 Å². The second-order valence-electron chi connectivity index (χ2n) is 19.5. The zero-order chi connectivity index (χ0) is 42.7. The highest BCUT2D eigenvalue weighted by Crippen LogP contribution is 2.74. The molecule has 5 unspecified atom stereocenters. The summed E-state index contributed by atoms with van der Waals surface area (Å²) in [4.78, 5) is 2.70. The van der Waals surface area contributed by atoms with E-state index in [4.69, 9.17) is 0 Å². The van der Waals surface area contributed by atoms with E-state index in [0.29, 0.717) is 11.8 Å². The third kappa shape index (κ3) is 5.04. The Kier molecular flexibility index (Phi) is 8.09. The summed E-state index contributed by atoms with van der Waals surface area (Å²) in [6, 6.07) is 85.1. The number of hydrogen-bond donors (Lipinski definition) is 0. The number of anilines is 3. The van der Waals surface area contributed by atoms with E-state index < -0.39 is 5.41 Å². The smallest absolute Gasteiger partial charge is 0.0713 e. The summed E-state index contributed by atoms with van der Waals surface area (Å²) >= 11 is 0. The van der Waals surface area contributed by atoms with Crippen molar-refractivity contribution in [3.63, 3.8) is 0 Å². The van der Waals surface area contributed by atoms with Crippen molar-refractivity contribution in [3.8, 4) is 44.5 Å². The molecule has 9 aromatic carbocycles. The van der Waals surface area contributed by atoms with Crippen LogP contribution in [0, 0.1) is 23.7 Å². The third-order valence-corrected chi connectivity index (χ3v) is 16.7. The molecule has 4 saturated carbocycles. The van der Waals surface area contributed by atoms with E-state index >= 15 is 0 Å². The van der Waals surface area contributed by atoms with Gasteiger partial charge in [0.05, 0.1) is 16.8 Å². The first-order valence-corrected chi connectivity index (χ1v) is 23.9. The van der Waals surface area contributed by atoms with Crippen LogP contribution in [0.2, 0.25) is 0 Å². The van der Waals surface area contributed by atoms with Crippen molar-refractivity contribution in [1.82, 2.24) is 0 Å². The Bertz CT molecular complexity index is 3250. The molecule has 0 aliphatic heterocycles. The second-order valence-corrected chi connectivity index (χ2v) is 19.5. The summed E-state index contributed by atoms with van der Waals surface area (Å²) in [7, 11) is 0. The molecule has 15 rings (SSSR count). The number of rotatable bonds is 7. The van der Waals surface area contributed by atoms with Crippen LogP contribution in [0.3, 0.4) is 0 Å². The van der Waals surface area contributed by atoms with Crippen LogP contribution < -0.4 is 4.90 Å². The molecule has 0 heterocycles. The quantitative estimate of drug-likeness (QED) is 0.155. The normalized spacial score (nSPS) is 22.1. The molecular formula is C64H49N. The fraction of sp³-hybridized carbons (Fsp3) is 0.156. The Morgan fingerprint density at radius 2 is 0.938 bits per heavy atom. The monoisotopic (exact) mass is 831 g/mol. The minimum Gasteiger partial charge on any atom is -0.309 e. The lowest BCUT2D eigenvalue weighted by atomic mass is 9.59. The maximum Gasteiger partial charge on any atom is 0.0713 e. The molecule has 0 radical (unpaired) electrons. The van der Waals surface area contributed by atoms with Gasteiger partial charge in [0.25, 0.3) is 0 Å². The Morgan fingerprint density at radius 3 is 1.63 bits per heavy atom. The van der Waals surface area contributed by atoms with Crippen molar-refractivity contribution in [2.24, 2.45) is 23.7 Å². The van der Waals surface area contributed by atoms with Gasteiger partial charge in [0.15, 0.2) is 0 Å². The SMILES string of the molecule is c1ccc(-c2cccc(N(c3ccc4c(c3)-c3ccccc3C4(c3ccccc3)c3ccccc3)c3cccc4c3C3(c5ccccc5-4)C4CC5CC(C4)C3C5)c2-c2ccccc2)cc1. The van der Waals surface area contributed by atoms with Crippen molar-refractivity contribution >= 4 is 17.1 Å². The molecule has 6 aliphatic carbocycles. The molecule has 5 atom stereocenters. The standard InChI is InChI=1S/C64H49N/c1-5-19-43(20-6-1)50-29-17-33-59(61(50)44-21-7-2-8-22-44)65(60-34-18-30-53-51-27-13-16-32-56(51)64(62(53)60)48-38-42-37-45(40-48)58(64)39-42)49-35-36-57-54(41-49)52-28-14-15-31-55(52)63(57,46-23-9-3-10-24-46)47-25-11-4-12-26-47/h1-36,41-42,45,48,58H,37-40H2. The minimum absolute atomic E-state index is 0.0124. The van der Waals surface area contributed by atoms with Crippen LogP contribution in [-0.2, 0) is 10.8 Å². The van der Waals surface area contributed by atoms with Crippen LogP contribution in [0.1, 0.15) is 59.1 Å². The molecular weight excluding hydrogens is 783 g/mol. The molecule has 1 spiro atoms.